The number of carbonyl (C=O) groups is 1. The highest BCUT2D eigenvalue weighted by molar-refractivity contribution is 9.10. The molecule has 0 amide bonds. The van der Waals surface area contributed by atoms with Gasteiger partial charge in [0.1, 0.15) is 12.4 Å². The molecule has 0 unspecified atom stereocenters. The molecule has 0 atom stereocenters. The number of aliphatic hydroxyl groups excluding tert-OH is 1. The minimum absolute atomic E-state index is 0.000956. The lowest BCUT2D eigenvalue weighted by molar-refractivity contribution is -0.0447. The van der Waals surface area contributed by atoms with Crippen molar-refractivity contribution in [2.75, 3.05) is 13.2 Å². The van der Waals surface area contributed by atoms with E-state index in [-0.39, 0.29) is 35.6 Å². The van der Waals surface area contributed by atoms with E-state index in [1.165, 1.54) is 22.9 Å². The Hall–Kier alpha value is -1.90. The number of aromatic nitrogens is 1. The molecule has 1 aliphatic carbocycles. The van der Waals surface area contributed by atoms with Gasteiger partial charge in [-0.25, -0.2) is 8.78 Å². The van der Waals surface area contributed by atoms with Crippen molar-refractivity contribution in [1.82, 2.24) is 4.57 Å². The standard InChI is InChI=1S/C25H30BrF2NO4/c1-25(2,15-30)33-14-22(31)20-13-29(12-16-6-4-3-5-7-16)24(32)23(28)19(20)10-17-8-9-18(26)11-21(17)27/h8-9,11,13,16,30H,3-7,10,12,14-15H2,1-2H3. The van der Waals surface area contributed by atoms with Crippen LogP contribution in [0.15, 0.2) is 33.7 Å². The molecule has 0 spiro atoms. The molecule has 0 saturated heterocycles. The second-order valence-corrected chi connectivity index (χ2v) is 10.3. The van der Waals surface area contributed by atoms with E-state index >= 15 is 4.39 Å². The predicted octanol–water partition coefficient (Wildman–Crippen LogP) is 5.03. The van der Waals surface area contributed by atoms with E-state index in [4.69, 9.17) is 4.74 Å². The third-order valence-electron chi connectivity index (χ3n) is 6.16. The fourth-order valence-corrected chi connectivity index (χ4v) is 4.44. The first-order chi connectivity index (χ1) is 15.6. The zero-order valence-electron chi connectivity index (χ0n) is 19.0. The summed E-state index contributed by atoms with van der Waals surface area (Å²) in [4.78, 5) is 25.9. The summed E-state index contributed by atoms with van der Waals surface area (Å²) < 4.78 is 37.2. The van der Waals surface area contributed by atoms with E-state index < -0.39 is 35.2 Å². The van der Waals surface area contributed by atoms with E-state index in [1.807, 2.05) is 0 Å². The van der Waals surface area contributed by atoms with Gasteiger partial charge >= 0.3 is 0 Å². The second-order valence-electron chi connectivity index (χ2n) is 9.34. The number of Topliss-reactive ketones (excluding diaryl/α,β-unsaturated/α-hetero) is 1. The van der Waals surface area contributed by atoms with Crippen molar-refractivity contribution in [3.8, 4) is 0 Å². The van der Waals surface area contributed by atoms with Gasteiger partial charge in [-0.2, -0.15) is 0 Å². The Labute approximate surface area is 200 Å². The summed E-state index contributed by atoms with van der Waals surface area (Å²) in [5.41, 5.74) is -1.73. The smallest absolute Gasteiger partial charge is 0.286 e. The van der Waals surface area contributed by atoms with Crippen molar-refractivity contribution >= 4 is 21.7 Å². The number of carbonyl (C=O) groups excluding carboxylic acids is 1. The Kier molecular flexibility index (Phi) is 8.59. The van der Waals surface area contributed by atoms with Crippen molar-refractivity contribution in [3.63, 3.8) is 0 Å². The number of nitrogens with zero attached hydrogens (tertiary/aromatic N) is 1. The maximum Gasteiger partial charge on any atom is 0.286 e. The van der Waals surface area contributed by atoms with Crippen LogP contribution in [0.25, 0.3) is 0 Å². The van der Waals surface area contributed by atoms with E-state index in [9.17, 15) is 19.1 Å². The number of hydrogen-bond acceptors (Lipinski definition) is 4. The van der Waals surface area contributed by atoms with Crippen LogP contribution >= 0.6 is 15.9 Å². The number of aliphatic hydroxyl groups is 1. The number of pyridine rings is 1. The summed E-state index contributed by atoms with van der Waals surface area (Å²) in [6.07, 6.45) is 6.35. The molecule has 180 valence electrons. The Morgan fingerprint density at radius 2 is 1.94 bits per heavy atom. The molecule has 33 heavy (non-hydrogen) atoms. The lowest BCUT2D eigenvalue weighted by Crippen LogP contribution is -2.33. The number of rotatable bonds is 9. The number of ether oxygens (including phenoxy) is 1. The van der Waals surface area contributed by atoms with Crippen molar-refractivity contribution in [3.05, 3.63) is 67.5 Å². The summed E-state index contributed by atoms with van der Waals surface area (Å²) >= 11 is 3.19. The van der Waals surface area contributed by atoms with E-state index in [0.29, 0.717) is 11.0 Å². The number of benzene rings is 1. The lowest BCUT2D eigenvalue weighted by Gasteiger charge is -2.24. The van der Waals surface area contributed by atoms with Crippen molar-refractivity contribution < 1.29 is 23.4 Å². The first-order valence-corrected chi connectivity index (χ1v) is 12.0. The molecule has 0 radical (unpaired) electrons. The van der Waals surface area contributed by atoms with Crippen LogP contribution in [-0.4, -0.2) is 34.3 Å². The van der Waals surface area contributed by atoms with Gasteiger partial charge in [-0.3, -0.25) is 9.59 Å². The largest absolute Gasteiger partial charge is 0.393 e. The average Bonchev–Trinajstić information content (AvgIpc) is 2.79. The van der Waals surface area contributed by atoms with Gasteiger partial charge in [-0.1, -0.05) is 41.3 Å². The summed E-state index contributed by atoms with van der Waals surface area (Å²) in [6.45, 7) is 2.90. The van der Waals surface area contributed by atoms with Gasteiger partial charge in [-0.15, -0.1) is 0 Å². The van der Waals surface area contributed by atoms with Gasteiger partial charge in [0.25, 0.3) is 5.56 Å². The first-order valence-electron chi connectivity index (χ1n) is 11.2. The molecular weight excluding hydrogens is 496 g/mol. The van der Waals surface area contributed by atoms with Crippen LogP contribution in [0.2, 0.25) is 0 Å². The van der Waals surface area contributed by atoms with Gasteiger partial charge in [-0.05, 0) is 50.3 Å². The molecule has 1 aromatic heterocycles. The average molecular weight is 526 g/mol. The van der Waals surface area contributed by atoms with Crippen LogP contribution in [0.5, 0.6) is 0 Å². The molecule has 8 heteroatoms. The minimum atomic E-state index is -1.04. The molecule has 2 aromatic rings. The lowest BCUT2D eigenvalue weighted by atomic mass is 9.89. The first kappa shape index (κ1) is 25.7. The number of hydrogen-bond donors (Lipinski definition) is 1. The monoisotopic (exact) mass is 525 g/mol. The van der Waals surface area contributed by atoms with Crippen molar-refractivity contribution in [1.29, 1.82) is 0 Å². The molecule has 1 aromatic carbocycles. The van der Waals surface area contributed by atoms with Crippen LogP contribution in [0.4, 0.5) is 8.78 Å². The van der Waals surface area contributed by atoms with Gasteiger partial charge in [0.05, 0.1) is 12.2 Å². The zero-order valence-corrected chi connectivity index (χ0v) is 20.6. The van der Waals surface area contributed by atoms with E-state index in [1.54, 1.807) is 19.9 Å². The van der Waals surface area contributed by atoms with Crippen molar-refractivity contribution in [2.24, 2.45) is 5.92 Å². The summed E-state index contributed by atoms with van der Waals surface area (Å²) in [6, 6.07) is 4.37. The zero-order chi connectivity index (χ0) is 24.2. The fraction of sp³-hybridized carbons (Fsp3) is 0.520. The van der Waals surface area contributed by atoms with Crippen LogP contribution in [-0.2, 0) is 17.7 Å². The number of ketones is 1. The highest BCUT2D eigenvalue weighted by Crippen LogP contribution is 2.26. The van der Waals surface area contributed by atoms with Crippen LogP contribution < -0.4 is 5.56 Å². The molecule has 0 bridgehead atoms. The highest BCUT2D eigenvalue weighted by Gasteiger charge is 2.26. The third-order valence-corrected chi connectivity index (χ3v) is 6.65. The Morgan fingerprint density at radius 1 is 1.24 bits per heavy atom. The van der Waals surface area contributed by atoms with E-state index in [0.717, 1.165) is 32.1 Å². The third kappa shape index (κ3) is 6.58. The van der Waals surface area contributed by atoms with Crippen LogP contribution in [0.1, 0.15) is 67.4 Å². The highest BCUT2D eigenvalue weighted by atomic mass is 79.9. The molecule has 5 nitrogen and oxygen atoms in total. The van der Waals surface area contributed by atoms with Crippen molar-refractivity contribution in [2.45, 2.75) is 64.5 Å². The van der Waals surface area contributed by atoms with Gasteiger partial charge in [0.15, 0.2) is 11.6 Å². The maximum atomic E-state index is 15.4. The van der Waals surface area contributed by atoms with Crippen LogP contribution in [0, 0.1) is 17.6 Å². The molecule has 1 saturated carbocycles. The summed E-state index contributed by atoms with van der Waals surface area (Å²) in [7, 11) is 0. The normalized spacial score (nSPS) is 15.1. The Bertz CT molecular complexity index is 1060. The molecule has 1 fully saturated rings. The number of halogens is 3. The van der Waals surface area contributed by atoms with Gasteiger partial charge in [0, 0.05) is 34.8 Å². The van der Waals surface area contributed by atoms with Gasteiger partial charge < -0.3 is 14.4 Å². The molecule has 1 N–H and O–H groups in total. The van der Waals surface area contributed by atoms with E-state index in [2.05, 4.69) is 15.9 Å². The molecule has 3 rings (SSSR count). The fourth-order valence-electron chi connectivity index (χ4n) is 4.10. The maximum absolute atomic E-state index is 15.4. The Morgan fingerprint density at radius 3 is 2.58 bits per heavy atom. The van der Waals surface area contributed by atoms with Crippen LogP contribution in [0.3, 0.4) is 0 Å². The molecular formula is C25H30BrF2NO4. The predicted molar refractivity (Wildman–Crippen MR) is 126 cm³/mol. The summed E-state index contributed by atoms with van der Waals surface area (Å²) in [5, 5.41) is 9.40. The minimum Gasteiger partial charge on any atom is -0.393 e. The second kappa shape index (κ2) is 11.0. The Balaban J connectivity index is 2.00. The molecule has 1 heterocycles. The topological polar surface area (TPSA) is 68.5 Å². The summed E-state index contributed by atoms with van der Waals surface area (Å²) in [5.74, 6) is -1.88. The molecule has 1 aliphatic rings. The SMILES string of the molecule is CC(C)(CO)OCC(=O)c1cn(CC2CCCCC2)c(=O)c(F)c1Cc1ccc(Br)cc1F. The van der Waals surface area contributed by atoms with Gasteiger partial charge in [0.2, 0.25) is 0 Å². The quantitative estimate of drug-likeness (QED) is 0.466. The molecule has 0 aliphatic heterocycles.